The standard InChI is InChI=1S/C14H14N2O4S.C10H10N2O7S2.C10H10N2O3S/c1-8(2)14(17)16-13-6-5-12(15)11-7-9(21(18,19)20)3-4-10(11)13;11-6-3-5-4(1-7(6)20(14,15)16)2-8(21(17,18)19)9(12)10(5)13;11-9-3-4-10(12)8-5-6(16(13,14)15)1-2-7(8)9/h3-7H,1,15H2,2H3,(H,16,17)(H,18,19,20);1-3,13H,11-12H2,(H,14,15,16)(H,17,18,19);1-5H,11-12H2,(H,13,14,15). The van der Waals surface area contributed by atoms with Crippen molar-refractivity contribution in [2.24, 2.45) is 0 Å². The summed E-state index contributed by atoms with van der Waals surface area (Å²) in [5.74, 6) is -1.03. The summed E-state index contributed by atoms with van der Waals surface area (Å²) in [5, 5.41) is 14.5. The van der Waals surface area contributed by atoms with Crippen LogP contribution in [0, 0.1) is 0 Å². The Hall–Kier alpha value is -6.25. The van der Waals surface area contributed by atoms with Crippen LogP contribution in [0.2, 0.25) is 0 Å². The van der Waals surface area contributed by atoms with Crippen LogP contribution in [0.3, 0.4) is 0 Å². The minimum absolute atomic E-state index is 0.0372. The summed E-state index contributed by atoms with van der Waals surface area (Å²) < 4.78 is 125. The molecule has 0 atom stereocenters. The van der Waals surface area contributed by atoms with Gasteiger partial charge < -0.3 is 39.1 Å². The number of rotatable bonds is 6. The van der Waals surface area contributed by atoms with E-state index in [1.165, 1.54) is 36.4 Å². The van der Waals surface area contributed by atoms with Crippen molar-refractivity contribution in [3.05, 3.63) is 91.0 Å². The SMILES string of the molecule is C=C(C)C(=O)Nc1ccc(N)c2cc(S(=O)(=O)O)ccc12.Nc1cc2c(O)c(N)c(S(=O)(=O)O)cc2cc1S(=O)(=O)O.Nc1ccc(N)c2cc(S(=O)(=O)O)ccc12. The van der Waals surface area contributed by atoms with Crippen LogP contribution in [-0.4, -0.2) is 62.9 Å². The van der Waals surface area contributed by atoms with E-state index in [1.807, 2.05) is 0 Å². The normalized spacial score (nSPS) is 11.9. The summed E-state index contributed by atoms with van der Waals surface area (Å²) >= 11 is 0. The lowest BCUT2D eigenvalue weighted by atomic mass is 10.1. The lowest BCUT2D eigenvalue weighted by molar-refractivity contribution is -0.112. The molecule has 0 unspecified atom stereocenters. The molecular weight excluding hydrogens is 845 g/mol. The molecule has 6 aromatic rings. The maximum absolute atomic E-state index is 11.7. The Morgan fingerprint density at radius 2 is 0.966 bits per heavy atom. The molecule has 1 amide bonds. The first-order chi connectivity index (χ1) is 26.5. The van der Waals surface area contributed by atoms with Crippen LogP contribution in [0.25, 0.3) is 32.3 Å². The number of hydrogen-bond donors (Lipinski definition) is 11. The largest absolute Gasteiger partial charge is 0.505 e. The third-order valence-electron chi connectivity index (χ3n) is 8.11. The van der Waals surface area contributed by atoms with E-state index >= 15 is 0 Å². The van der Waals surface area contributed by atoms with Crippen LogP contribution < -0.4 is 34.0 Å². The quantitative estimate of drug-likeness (QED) is 0.0492. The number of carbonyl (C=O) groups excluding carboxylic acids is 1. The van der Waals surface area contributed by atoms with Gasteiger partial charge in [0.1, 0.15) is 15.5 Å². The van der Waals surface area contributed by atoms with Gasteiger partial charge in [-0.15, -0.1) is 0 Å². The van der Waals surface area contributed by atoms with Gasteiger partial charge in [-0.1, -0.05) is 18.7 Å². The molecule has 6 aromatic carbocycles. The van der Waals surface area contributed by atoms with E-state index in [0.29, 0.717) is 49.9 Å². The summed E-state index contributed by atoms with van der Waals surface area (Å²) in [6.07, 6.45) is 0. The van der Waals surface area contributed by atoms with E-state index in [2.05, 4.69) is 11.9 Å². The van der Waals surface area contributed by atoms with Gasteiger partial charge in [0.2, 0.25) is 0 Å². The maximum atomic E-state index is 11.7. The summed E-state index contributed by atoms with van der Waals surface area (Å²) in [6, 6.07) is 17.2. The molecule has 0 aliphatic carbocycles. The van der Waals surface area contributed by atoms with E-state index < -0.39 is 61.7 Å². The number of nitrogen functional groups attached to an aromatic ring is 5. The number of hydrogen-bond acceptors (Lipinski definition) is 15. The number of nitrogens with two attached hydrogens (primary N) is 5. The Balaban J connectivity index is 0.000000194. The third-order valence-corrected chi connectivity index (χ3v) is 11.6. The van der Waals surface area contributed by atoms with Crippen molar-refractivity contribution < 1.29 is 61.8 Å². The second kappa shape index (κ2) is 15.9. The third kappa shape index (κ3) is 9.82. The highest BCUT2D eigenvalue weighted by Gasteiger charge is 2.23. The second-order valence-electron chi connectivity index (χ2n) is 12.2. The number of benzene rings is 6. The zero-order chi connectivity index (χ0) is 43.9. The molecule has 20 nitrogen and oxygen atoms in total. The fraction of sp³-hybridized carbons (Fsp3) is 0.0294. The Morgan fingerprint density at radius 1 is 0.534 bits per heavy atom. The van der Waals surface area contributed by atoms with Gasteiger partial charge >= 0.3 is 0 Å². The van der Waals surface area contributed by atoms with Crippen LogP contribution >= 0.6 is 0 Å². The predicted molar refractivity (Wildman–Crippen MR) is 218 cm³/mol. The number of nitrogens with one attached hydrogen (secondary N) is 1. The highest BCUT2D eigenvalue weighted by molar-refractivity contribution is 7.86. The van der Waals surface area contributed by atoms with Crippen LogP contribution in [0.15, 0.2) is 111 Å². The monoisotopic (exact) mass is 878 g/mol. The van der Waals surface area contributed by atoms with Gasteiger partial charge in [0.05, 0.1) is 21.2 Å². The zero-order valence-electron chi connectivity index (χ0n) is 29.6. The van der Waals surface area contributed by atoms with Crippen molar-refractivity contribution in [3.8, 4) is 5.75 Å². The molecule has 0 bridgehead atoms. The molecule has 16 N–H and O–H groups in total. The molecule has 0 aliphatic heterocycles. The van der Waals surface area contributed by atoms with Gasteiger partial charge in [0.15, 0.2) is 0 Å². The van der Waals surface area contributed by atoms with Gasteiger partial charge in [-0.25, -0.2) is 0 Å². The maximum Gasteiger partial charge on any atom is 0.296 e. The first-order valence-corrected chi connectivity index (χ1v) is 21.4. The zero-order valence-corrected chi connectivity index (χ0v) is 32.9. The minimum Gasteiger partial charge on any atom is -0.505 e. The molecule has 0 heterocycles. The van der Waals surface area contributed by atoms with Crippen molar-refractivity contribution in [2.45, 2.75) is 26.5 Å². The van der Waals surface area contributed by atoms with Crippen LogP contribution in [0.5, 0.6) is 5.75 Å². The predicted octanol–water partition coefficient (Wildman–Crippen LogP) is 3.64. The van der Waals surface area contributed by atoms with Crippen molar-refractivity contribution in [2.75, 3.05) is 34.0 Å². The minimum atomic E-state index is -4.73. The lowest BCUT2D eigenvalue weighted by Gasteiger charge is -2.11. The summed E-state index contributed by atoms with van der Waals surface area (Å²) in [7, 11) is -17.9. The number of anilines is 6. The van der Waals surface area contributed by atoms with Crippen LogP contribution in [0.1, 0.15) is 6.92 Å². The number of amides is 1. The van der Waals surface area contributed by atoms with E-state index in [4.69, 9.17) is 46.9 Å². The highest BCUT2D eigenvalue weighted by Crippen LogP contribution is 2.39. The number of carbonyl (C=O) groups is 1. The summed E-state index contributed by atoms with van der Waals surface area (Å²) in [4.78, 5) is 9.77. The molecule has 0 saturated heterocycles. The molecule has 0 spiro atoms. The van der Waals surface area contributed by atoms with E-state index in [1.54, 1.807) is 31.2 Å². The molecule has 0 aromatic heterocycles. The van der Waals surface area contributed by atoms with E-state index in [-0.39, 0.29) is 32.2 Å². The fourth-order valence-corrected chi connectivity index (χ4v) is 7.53. The first-order valence-electron chi connectivity index (χ1n) is 15.6. The molecule has 24 heteroatoms. The van der Waals surface area contributed by atoms with Gasteiger partial charge in [0, 0.05) is 55.3 Å². The van der Waals surface area contributed by atoms with E-state index in [9.17, 15) is 43.6 Å². The van der Waals surface area contributed by atoms with E-state index in [0.717, 1.165) is 18.2 Å². The van der Waals surface area contributed by atoms with Gasteiger partial charge in [-0.3, -0.25) is 23.0 Å². The van der Waals surface area contributed by atoms with Gasteiger partial charge in [0.25, 0.3) is 46.4 Å². The summed E-state index contributed by atoms with van der Waals surface area (Å²) in [5.41, 5.74) is 29.2. The Kier molecular flexibility index (Phi) is 12.2. The van der Waals surface area contributed by atoms with Gasteiger partial charge in [-0.2, -0.15) is 33.7 Å². The second-order valence-corrected chi connectivity index (χ2v) is 17.9. The van der Waals surface area contributed by atoms with Crippen LogP contribution in [0.4, 0.5) is 34.1 Å². The Bertz CT molecular complexity index is 3150. The number of phenolic OH excluding ortho intramolecular Hbond substituents is 1. The van der Waals surface area contributed by atoms with Crippen LogP contribution in [-0.2, 0) is 45.3 Å². The topological polar surface area (TPSA) is 397 Å². The molecule has 0 aliphatic rings. The average molecular weight is 879 g/mol. The number of aromatic hydroxyl groups is 1. The Labute approximate surface area is 330 Å². The van der Waals surface area contributed by atoms with Crippen molar-refractivity contribution in [3.63, 3.8) is 0 Å². The lowest BCUT2D eigenvalue weighted by Crippen LogP contribution is -2.12. The number of phenols is 1. The number of fused-ring (bicyclic) bond motifs is 3. The molecule has 6 rings (SSSR count). The first kappa shape index (κ1) is 44.5. The van der Waals surface area contributed by atoms with Crippen molar-refractivity contribution >= 4 is 113 Å². The van der Waals surface area contributed by atoms with Crippen molar-refractivity contribution in [1.29, 1.82) is 0 Å². The Morgan fingerprint density at radius 3 is 1.43 bits per heavy atom. The molecule has 0 saturated carbocycles. The molecule has 0 fully saturated rings. The summed E-state index contributed by atoms with van der Waals surface area (Å²) in [6.45, 7) is 5.12. The smallest absolute Gasteiger partial charge is 0.296 e. The van der Waals surface area contributed by atoms with Crippen molar-refractivity contribution in [1.82, 2.24) is 0 Å². The molecular formula is C34H34N6O14S4. The molecule has 0 radical (unpaired) electrons. The highest BCUT2D eigenvalue weighted by atomic mass is 32.2. The fourth-order valence-electron chi connectivity index (χ4n) is 5.24. The molecule has 308 valence electrons. The average Bonchev–Trinajstić information content (AvgIpc) is 3.11. The van der Waals surface area contributed by atoms with Gasteiger partial charge in [-0.05, 0) is 79.0 Å². The molecule has 58 heavy (non-hydrogen) atoms.